The van der Waals surface area contributed by atoms with E-state index in [-0.39, 0.29) is 23.5 Å². The molecule has 4 unspecified atom stereocenters. The highest BCUT2D eigenvalue weighted by Crippen LogP contribution is 2.20. The molecule has 0 saturated carbocycles. The van der Waals surface area contributed by atoms with E-state index in [1.54, 1.807) is 0 Å². The van der Waals surface area contributed by atoms with Crippen molar-refractivity contribution >= 4 is 42.3 Å². The van der Waals surface area contributed by atoms with E-state index in [0.29, 0.717) is 45.2 Å². The lowest BCUT2D eigenvalue weighted by Crippen LogP contribution is -2.57. The molecule has 0 aromatic carbocycles. The van der Waals surface area contributed by atoms with Crippen molar-refractivity contribution in [2.24, 2.45) is 28.1 Å². The Kier molecular flexibility index (Phi) is 12.0. The molecule has 12 nitrogen and oxygen atoms in total. The van der Waals surface area contributed by atoms with Crippen LogP contribution in [0.3, 0.4) is 0 Å². The van der Waals surface area contributed by atoms with Gasteiger partial charge in [0.2, 0.25) is 17.7 Å². The third kappa shape index (κ3) is 9.46. The van der Waals surface area contributed by atoms with Crippen LogP contribution in [-0.2, 0) is 19.2 Å². The highest BCUT2D eigenvalue weighted by Gasteiger charge is 2.37. The maximum atomic E-state index is 13.0. The molecule has 1 heterocycles. The van der Waals surface area contributed by atoms with Crippen molar-refractivity contribution in [1.29, 1.82) is 0 Å². The Morgan fingerprint density at radius 2 is 1.85 bits per heavy atom. The molecular formula is C20H37N7O5S. The van der Waals surface area contributed by atoms with Gasteiger partial charge in [0.15, 0.2) is 5.96 Å². The zero-order chi connectivity index (χ0) is 25.1. The fraction of sp³-hybridized carbons (Fsp3) is 0.750. The number of nitrogens with zero attached hydrogens (tertiary/aromatic N) is 2. The van der Waals surface area contributed by atoms with Crippen LogP contribution in [0.25, 0.3) is 0 Å². The number of likely N-dealkylation sites (tertiary alicyclic amines) is 1. The zero-order valence-corrected chi connectivity index (χ0v) is 20.1. The molecule has 0 spiro atoms. The van der Waals surface area contributed by atoms with E-state index in [9.17, 15) is 19.2 Å². The van der Waals surface area contributed by atoms with Gasteiger partial charge < -0.3 is 37.8 Å². The Balaban J connectivity index is 2.80. The van der Waals surface area contributed by atoms with Gasteiger partial charge in [-0.15, -0.1) is 0 Å². The van der Waals surface area contributed by atoms with Crippen LogP contribution < -0.4 is 27.8 Å². The van der Waals surface area contributed by atoms with Gasteiger partial charge in [0.25, 0.3) is 0 Å². The van der Waals surface area contributed by atoms with Crippen molar-refractivity contribution in [2.75, 3.05) is 18.8 Å². The quantitative estimate of drug-likeness (QED) is 0.0694. The average molecular weight is 488 g/mol. The maximum absolute atomic E-state index is 13.0. The van der Waals surface area contributed by atoms with Gasteiger partial charge in [-0.3, -0.25) is 19.4 Å². The summed E-state index contributed by atoms with van der Waals surface area (Å²) in [5, 5.41) is 14.3. The SMILES string of the molecule is CC(C)CC(NC(=O)C1CCCN1C(=O)C(N)CCCN=C(N)N)C(=O)NC(CS)C(=O)O. The largest absolute Gasteiger partial charge is 0.480 e. The number of carbonyl (C=O) groups is 4. The predicted molar refractivity (Wildman–Crippen MR) is 127 cm³/mol. The molecule has 1 aliphatic rings. The van der Waals surface area contributed by atoms with Gasteiger partial charge >= 0.3 is 5.97 Å². The summed E-state index contributed by atoms with van der Waals surface area (Å²) in [4.78, 5) is 55.0. The standard InChI is InChI=1S/C20H37N7O5S/c1-11(2)9-13(16(28)26-14(10-33)19(31)32)25-17(29)15-6-4-8-27(15)18(30)12(21)5-3-7-24-20(22)23/h11-15,33H,3-10,21H2,1-2H3,(H,25,29)(H,26,28)(H,31,32)(H4,22,23,24). The molecule has 4 atom stereocenters. The summed E-state index contributed by atoms with van der Waals surface area (Å²) in [6.07, 6.45) is 2.26. The van der Waals surface area contributed by atoms with Crippen LogP contribution in [0.15, 0.2) is 4.99 Å². The summed E-state index contributed by atoms with van der Waals surface area (Å²) in [6, 6.07) is -3.66. The fourth-order valence-electron chi connectivity index (χ4n) is 3.59. The number of rotatable bonds is 13. The minimum atomic E-state index is -1.21. The lowest BCUT2D eigenvalue weighted by atomic mass is 10.0. The molecule has 0 bridgehead atoms. The monoisotopic (exact) mass is 487 g/mol. The Bertz CT molecular complexity index is 730. The van der Waals surface area contributed by atoms with Gasteiger partial charge in [0.1, 0.15) is 18.1 Å². The van der Waals surface area contributed by atoms with Crippen LogP contribution in [0.1, 0.15) is 46.0 Å². The van der Waals surface area contributed by atoms with E-state index in [1.165, 1.54) is 4.90 Å². The van der Waals surface area contributed by atoms with Crippen molar-refractivity contribution in [1.82, 2.24) is 15.5 Å². The maximum Gasteiger partial charge on any atom is 0.327 e. The second kappa shape index (κ2) is 13.9. The first kappa shape index (κ1) is 28.5. The van der Waals surface area contributed by atoms with Crippen LogP contribution in [-0.4, -0.2) is 82.7 Å². The van der Waals surface area contributed by atoms with Crippen molar-refractivity contribution in [3.8, 4) is 0 Å². The topological polar surface area (TPSA) is 206 Å². The van der Waals surface area contributed by atoms with Crippen molar-refractivity contribution < 1.29 is 24.3 Å². The molecule has 1 saturated heterocycles. The fourth-order valence-corrected chi connectivity index (χ4v) is 3.83. The van der Waals surface area contributed by atoms with Crippen molar-refractivity contribution in [3.63, 3.8) is 0 Å². The minimum absolute atomic E-state index is 0.0322. The van der Waals surface area contributed by atoms with Gasteiger partial charge in [-0.05, 0) is 38.0 Å². The van der Waals surface area contributed by atoms with E-state index in [0.717, 1.165) is 0 Å². The lowest BCUT2D eigenvalue weighted by Gasteiger charge is -2.29. The van der Waals surface area contributed by atoms with Crippen molar-refractivity contribution in [3.05, 3.63) is 0 Å². The number of guanidine groups is 1. The smallest absolute Gasteiger partial charge is 0.327 e. The second-order valence-electron chi connectivity index (χ2n) is 8.52. The molecule has 0 radical (unpaired) electrons. The van der Waals surface area contributed by atoms with Gasteiger partial charge in [0.05, 0.1) is 6.04 Å². The number of amides is 3. The molecule has 33 heavy (non-hydrogen) atoms. The number of hydrogen-bond acceptors (Lipinski definition) is 7. The minimum Gasteiger partial charge on any atom is -0.480 e. The Labute approximate surface area is 199 Å². The molecule has 188 valence electrons. The summed E-state index contributed by atoms with van der Waals surface area (Å²) in [5.41, 5.74) is 16.6. The van der Waals surface area contributed by atoms with E-state index in [4.69, 9.17) is 22.3 Å². The predicted octanol–water partition coefficient (Wildman–Crippen LogP) is -1.61. The molecule has 13 heteroatoms. The Morgan fingerprint density at radius 3 is 2.39 bits per heavy atom. The van der Waals surface area contributed by atoms with Gasteiger partial charge in [-0.1, -0.05) is 13.8 Å². The van der Waals surface area contributed by atoms with Crippen LogP contribution in [0.2, 0.25) is 0 Å². The van der Waals surface area contributed by atoms with E-state index in [1.807, 2.05) is 13.8 Å². The number of aliphatic carboxylic acids is 1. The highest BCUT2D eigenvalue weighted by atomic mass is 32.1. The van der Waals surface area contributed by atoms with Gasteiger partial charge in [-0.2, -0.15) is 12.6 Å². The first-order chi connectivity index (χ1) is 15.5. The average Bonchev–Trinajstić information content (AvgIpc) is 3.22. The highest BCUT2D eigenvalue weighted by molar-refractivity contribution is 7.80. The normalized spacial score (nSPS) is 18.3. The molecule has 9 N–H and O–H groups in total. The third-order valence-electron chi connectivity index (χ3n) is 5.26. The van der Waals surface area contributed by atoms with Crippen molar-refractivity contribution in [2.45, 2.75) is 70.1 Å². The van der Waals surface area contributed by atoms with Gasteiger partial charge in [0, 0.05) is 18.8 Å². The molecule has 0 aromatic heterocycles. The van der Waals surface area contributed by atoms with E-state index >= 15 is 0 Å². The number of carboxylic acid groups (broad SMARTS) is 1. The zero-order valence-electron chi connectivity index (χ0n) is 19.2. The van der Waals surface area contributed by atoms with E-state index in [2.05, 4.69) is 28.3 Å². The number of aliphatic imine (C=N–C) groups is 1. The molecular weight excluding hydrogens is 450 g/mol. The second-order valence-corrected chi connectivity index (χ2v) is 8.88. The molecule has 0 aliphatic carbocycles. The lowest BCUT2D eigenvalue weighted by molar-refractivity contribution is -0.142. The molecule has 0 aromatic rings. The van der Waals surface area contributed by atoms with Crippen LogP contribution in [0.5, 0.6) is 0 Å². The summed E-state index contributed by atoms with van der Waals surface area (Å²) in [5.74, 6) is -2.69. The number of nitrogens with two attached hydrogens (primary N) is 3. The Morgan fingerprint density at radius 1 is 1.18 bits per heavy atom. The summed E-state index contributed by atoms with van der Waals surface area (Å²) in [6.45, 7) is 4.50. The molecule has 3 amide bonds. The third-order valence-corrected chi connectivity index (χ3v) is 5.63. The molecule has 1 fully saturated rings. The van der Waals surface area contributed by atoms with Gasteiger partial charge in [-0.25, -0.2) is 4.79 Å². The molecule has 1 aliphatic heterocycles. The van der Waals surface area contributed by atoms with Crippen LogP contribution >= 0.6 is 12.6 Å². The summed E-state index contributed by atoms with van der Waals surface area (Å²) >= 11 is 3.94. The summed E-state index contributed by atoms with van der Waals surface area (Å²) in [7, 11) is 0. The Hall–Kier alpha value is -2.54. The first-order valence-electron chi connectivity index (χ1n) is 11.0. The number of carbonyl (C=O) groups excluding carboxylic acids is 3. The number of nitrogens with one attached hydrogen (secondary N) is 2. The molecule has 1 rings (SSSR count). The van der Waals surface area contributed by atoms with E-state index < -0.39 is 42.0 Å². The number of hydrogen-bond donors (Lipinski definition) is 7. The van der Waals surface area contributed by atoms with Crippen LogP contribution in [0, 0.1) is 5.92 Å². The first-order valence-corrected chi connectivity index (χ1v) is 11.7. The van der Waals surface area contributed by atoms with Crippen LogP contribution in [0.4, 0.5) is 0 Å². The number of thiol groups is 1. The number of carboxylic acids is 1. The summed E-state index contributed by atoms with van der Waals surface area (Å²) < 4.78 is 0.